The standard InChI is InChI=1S/C58H58N10.CH3.Co/c1-63-51-35-47-45-23-7-16-40(18-10-28-66-32-14-34-68-30-12-26-60-58(66)68)56(45)50(61-47)38-54-44-22-6-4-20-42(44)52(64(54)2)36-48-46-24-8-15-39(17-9-27-65-31-13-33-67-29-11-25-59-57(65)67)55(46)49(62-48)37-53(63)43-21-5-3-19-41(43)51;;/h3-8,15-16,19-24,35-38H,1-2,9-14,17-18,25-34H2;1H3;/q-2;-1;+3. The number of guanidine groups is 2. The first-order chi connectivity index (χ1) is 33.6. The molecule has 0 N–H and O–H groups in total. The molecule has 2 fully saturated rings. The summed E-state index contributed by atoms with van der Waals surface area (Å²) in [7, 11) is 9.54. The molecule has 0 radical (unpaired) electrons. The molecular weight excluding hydrogens is 908 g/mol. The van der Waals surface area contributed by atoms with Crippen molar-refractivity contribution < 1.29 is 25.9 Å². The van der Waals surface area contributed by atoms with E-state index in [0.717, 1.165) is 182 Å². The Balaban J connectivity index is 0.00000267. The third kappa shape index (κ3) is 7.78. The van der Waals surface area contributed by atoms with Gasteiger partial charge in [-0.05, 0) is 106 Å². The molecule has 10 nitrogen and oxygen atoms in total. The Morgan fingerprint density at radius 3 is 1.27 bits per heavy atom. The van der Waals surface area contributed by atoms with E-state index in [-0.39, 0.29) is 24.2 Å². The molecule has 13 rings (SSSR count). The molecule has 6 aliphatic rings. The fourth-order valence-corrected chi connectivity index (χ4v) is 12.2. The van der Waals surface area contributed by atoms with E-state index in [0.29, 0.717) is 0 Å². The average Bonchev–Trinajstić information content (AvgIpc) is 4.07. The van der Waals surface area contributed by atoms with Gasteiger partial charge in [-0.15, -0.1) is 22.1 Å². The summed E-state index contributed by atoms with van der Waals surface area (Å²) in [5, 5.41) is 4.71. The summed E-state index contributed by atoms with van der Waals surface area (Å²) in [6.45, 7) is 10.5. The van der Waals surface area contributed by atoms with Crippen LogP contribution < -0.4 is 19.1 Å². The van der Waals surface area contributed by atoms with Crippen molar-refractivity contribution in [1.29, 1.82) is 0 Å². The minimum atomic E-state index is 0. The molecule has 11 heteroatoms. The van der Waals surface area contributed by atoms with Crippen molar-refractivity contribution in [3.63, 3.8) is 0 Å². The number of hydrogen-bond acceptors (Lipinski definition) is 6. The smallest absolute Gasteiger partial charge is 0.658 e. The second kappa shape index (κ2) is 18.9. The Hall–Kier alpha value is -6.69. The Kier molecular flexibility index (Phi) is 12.3. The van der Waals surface area contributed by atoms with Gasteiger partial charge in [-0.25, -0.2) is 0 Å². The molecule has 0 aliphatic carbocycles. The van der Waals surface area contributed by atoms with Gasteiger partial charge in [-0.2, -0.15) is 0 Å². The molecule has 0 unspecified atom stereocenters. The van der Waals surface area contributed by atoms with E-state index in [9.17, 15) is 0 Å². The molecule has 2 saturated heterocycles. The Morgan fingerprint density at radius 1 is 0.471 bits per heavy atom. The van der Waals surface area contributed by atoms with Gasteiger partial charge in [0.1, 0.15) is 22.8 Å². The molecular formula is C59H61CoN10. The minimum Gasteiger partial charge on any atom is -0.658 e. The number of aliphatic imine (C=N–C) groups is 2. The SMILES string of the molecule is [CH2-][n+]1c2cc3[n-]c(cc4[n+]([CH2-])c(cc5[n-]c(cc1-c1ccccc1-2)c1c(CCCN2CCCN6CCCN=C62)cccc51)-c1ccccc1-4)c1c(CCCN2CCCN4CCCN=C42)cccc31.[CH3-].[Co+3]. The number of fused-ring (bicyclic) bond motifs is 22. The summed E-state index contributed by atoms with van der Waals surface area (Å²) in [4.78, 5) is 31.1. The van der Waals surface area contributed by atoms with Gasteiger partial charge in [0.05, 0.1) is 0 Å². The van der Waals surface area contributed by atoms with E-state index in [1.807, 2.05) is 0 Å². The first-order valence-electron chi connectivity index (χ1n) is 25.1. The molecule has 0 atom stereocenters. The number of aryl methyl sites for hydroxylation is 2. The van der Waals surface area contributed by atoms with Gasteiger partial charge in [-0.3, -0.25) is 9.98 Å². The maximum Gasteiger partial charge on any atom is 3.00 e. The van der Waals surface area contributed by atoms with Gasteiger partial charge in [0.25, 0.3) is 0 Å². The molecule has 0 amide bonds. The summed E-state index contributed by atoms with van der Waals surface area (Å²) in [6.07, 6.45) is 8.64. The van der Waals surface area contributed by atoms with Crippen LogP contribution in [0.2, 0.25) is 0 Å². The van der Waals surface area contributed by atoms with Crippen molar-refractivity contribution >= 4 is 55.5 Å². The first kappa shape index (κ1) is 45.7. The second-order valence-corrected chi connectivity index (χ2v) is 19.4. The van der Waals surface area contributed by atoms with Crippen LogP contribution in [0.4, 0.5) is 0 Å². The third-order valence-corrected chi connectivity index (χ3v) is 15.3. The maximum atomic E-state index is 5.57. The monoisotopic (exact) mass is 968 g/mol. The molecule has 70 heavy (non-hydrogen) atoms. The zero-order chi connectivity index (χ0) is 45.3. The van der Waals surface area contributed by atoms with E-state index < -0.39 is 0 Å². The minimum absolute atomic E-state index is 0. The normalized spacial score (nSPS) is 16.2. The summed E-state index contributed by atoms with van der Waals surface area (Å²) in [6, 6.07) is 40.1. The Morgan fingerprint density at radius 2 is 0.857 bits per heavy atom. The molecule has 6 aliphatic heterocycles. The second-order valence-electron chi connectivity index (χ2n) is 19.4. The first-order valence-corrected chi connectivity index (χ1v) is 25.1. The summed E-state index contributed by atoms with van der Waals surface area (Å²) < 4.78 is 4.22. The van der Waals surface area contributed by atoms with Crippen molar-refractivity contribution in [1.82, 2.24) is 29.6 Å². The number of hydrogen-bond donors (Lipinski definition) is 0. The molecule has 8 bridgehead atoms. The van der Waals surface area contributed by atoms with Crippen molar-refractivity contribution in [3.8, 4) is 45.0 Å². The van der Waals surface area contributed by atoms with Crippen molar-refractivity contribution in [3.05, 3.63) is 142 Å². The molecule has 356 valence electrons. The predicted octanol–water partition coefficient (Wildman–Crippen LogP) is 9.46. The Bertz CT molecular complexity index is 3170. The molecule has 4 aromatic carbocycles. The zero-order valence-corrected chi connectivity index (χ0v) is 41.4. The van der Waals surface area contributed by atoms with Crippen molar-refractivity contribution in [2.24, 2.45) is 9.98 Å². The number of nitrogens with zero attached hydrogens (tertiary/aromatic N) is 10. The summed E-state index contributed by atoms with van der Waals surface area (Å²) >= 11 is 0. The number of benzene rings is 4. The molecule has 0 saturated carbocycles. The van der Waals surface area contributed by atoms with Crippen LogP contribution >= 0.6 is 0 Å². The van der Waals surface area contributed by atoms with Crippen LogP contribution in [0, 0.1) is 21.5 Å². The van der Waals surface area contributed by atoms with E-state index in [2.05, 4.69) is 138 Å². The number of aromatic nitrogens is 4. The van der Waals surface area contributed by atoms with Crippen LogP contribution in [-0.2, 0) is 29.6 Å². The maximum absolute atomic E-state index is 5.57. The van der Waals surface area contributed by atoms with E-state index in [1.54, 1.807) is 0 Å². The fraction of sp³-hybridized carbons (Fsp3) is 0.305. The van der Waals surface area contributed by atoms with Crippen LogP contribution in [-0.4, -0.2) is 97.0 Å². The van der Waals surface area contributed by atoms with Crippen LogP contribution in [0.1, 0.15) is 49.7 Å². The van der Waals surface area contributed by atoms with Crippen LogP contribution in [0.3, 0.4) is 0 Å². The van der Waals surface area contributed by atoms with Gasteiger partial charge in [-0.1, -0.05) is 109 Å². The van der Waals surface area contributed by atoms with Gasteiger partial charge < -0.3 is 46.1 Å². The van der Waals surface area contributed by atoms with Gasteiger partial charge >= 0.3 is 16.8 Å². The van der Waals surface area contributed by atoms with Crippen LogP contribution in [0.25, 0.3) is 88.6 Å². The van der Waals surface area contributed by atoms with Crippen LogP contribution in [0.15, 0.2) is 119 Å². The zero-order valence-electron chi connectivity index (χ0n) is 40.3. The fourth-order valence-electron chi connectivity index (χ4n) is 12.2. The summed E-state index contributed by atoms with van der Waals surface area (Å²) in [5.41, 5.74) is 15.1. The van der Waals surface area contributed by atoms with Gasteiger partial charge in [0, 0.05) is 79.5 Å². The van der Waals surface area contributed by atoms with E-state index in [4.69, 9.17) is 34.0 Å². The van der Waals surface area contributed by atoms with Crippen molar-refractivity contribution in [2.45, 2.75) is 51.4 Å². The molecule has 0 spiro atoms. The Labute approximate surface area is 422 Å². The van der Waals surface area contributed by atoms with E-state index in [1.165, 1.54) is 46.7 Å². The largest absolute Gasteiger partial charge is 3.00 e. The van der Waals surface area contributed by atoms with Crippen LogP contribution in [0.5, 0.6) is 0 Å². The van der Waals surface area contributed by atoms with Gasteiger partial charge in [0.2, 0.25) is 0 Å². The quantitative estimate of drug-likeness (QED) is 0.112. The topological polar surface area (TPSA) is 73.6 Å². The third-order valence-electron chi connectivity index (χ3n) is 15.3. The molecule has 3 aromatic heterocycles. The average molecular weight is 969 g/mol. The predicted molar refractivity (Wildman–Crippen MR) is 282 cm³/mol. The molecule has 9 heterocycles. The molecule has 7 aromatic rings. The number of rotatable bonds is 8. The van der Waals surface area contributed by atoms with E-state index >= 15 is 0 Å². The summed E-state index contributed by atoms with van der Waals surface area (Å²) in [5.74, 6) is 2.41. The van der Waals surface area contributed by atoms with Gasteiger partial charge in [0.15, 0.2) is 11.9 Å². The van der Waals surface area contributed by atoms with Crippen molar-refractivity contribution in [2.75, 3.05) is 65.4 Å².